The average molecular weight is 284 g/mol. The van der Waals surface area contributed by atoms with Gasteiger partial charge in [0, 0.05) is 30.8 Å². The summed E-state index contributed by atoms with van der Waals surface area (Å²) in [5.74, 6) is 0.921. The van der Waals surface area contributed by atoms with Gasteiger partial charge in [-0.15, -0.1) is 0 Å². The molecule has 1 aromatic carbocycles. The summed E-state index contributed by atoms with van der Waals surface area (Å²) >= 11 is 6.15. The van der Waals surface area contributed by atoms with E-state index < -0.39 is 0 Å². The van der Waals surface area contributed by atoms with Crippen LogP contribution in [0.5, 0.6) is 0 Å². The van der Waals surface area contributed by atoms with Gasteiger partial charge in [-0.25, -0.2) is 0 Å². The van der Waals surface area contributed by atoms with Crippen LogP contribution in [0.1, 0.15) is 25.5 Å². The second kappa shape index (κ2) is 8.02. The van der Waals surface area contributed by atoms with Gasteiger partial charge in [0.05, 0.1) is 0 Å². The van der Waals surface area contributed by atoms with Crippen LogP contribution < -0.4 is 11.1 Å². The standard InChI is InChI=1S/C14H22ClN3O/c1-10(2)8-17-14(16)18-9-13(19-3)11-6-4-5-7-12(11)15/h4-7,10,13H,8-9H2,1-3H3,(H3,16,17,18). The predicted molar refractivity (Wildman–Crippen MR) is 80.5 cm³/mol. The van der Waals surface area contributed by atoms with E-state index in [9.17, 15) is 0 Å². The highest BCUT2D eigenvalue weighted by molar-refractivity contribution is 6.31. The zero-order valence-corrected chi connectivity index (χ0v) is 12.4. The lowest BCUT2D eigenvalue weighted by Crippen LogP contribution is -2.35. The molecule has 5 heteroatoms. The first-order chi connectivity index (χ1) is 9.04. The molecule has 0 saturated heterocycles. The molecule has 0 aliphatic carbocycles. The third-order valence-corrected chi connectivity index (χ3v) is 2.98. The van der Waals surface area contributed by atoms with Gasteiger partial charge in [0.15, 0.2) is 5.96 Å². The summed E-state index contributed by atoms with van der Waals surface area (Å²) in [6, 6.07) is 7.62. The second-order valence-electron chi connectivity index (χ2n) is 4.75. The van der Waals surface area contributed by atoms with Crippen LogP contribution in [-0.2, 0) is 4.74 Å². The van der Waals surface area contributed by atoms with E-state index in [1.54, 1.807) is 7.11 Å². The van der Waals surface area contributed by atoms with Gasteiger partial charge in [-0.1, -0.05) is 43.6 Å². The Hall–Kier alpha value is -1.26. The van der Waals surface area contributed by atoms with E-state index in [0.29, 0.717) is 30.0 Å². The minimum Gasteiger partial charge on any atom is -0.375 e. The fourth-order valence-corrected chi connectivity index (χ4v) is 1.85. The van der Waals surface area contributed by atoms with Crippen molar-refractivity contribution in [3.63, 3.8) is 0 Å². The Bertz CT molecular complexity index is 421. The first-order valence-corrected chi connectivity index (χ1v) is 6.73. The second-order valence-corrected chi connectivity index (χ2v) is 5.15. The zero-order chi connectivity index (χ0) is 14.3. The number of rotatable bonds is 6. The molecule has 0 fully saturated rings. The molecule has 0 aromatic heterocycles. The Morgan fingerprint density at radius 3 is 2.68 bits per heavy atom. The highest BCUT2D eigenvalue weighted by Crippen LogP contribution is 2.24. The maximum atomic E-state index is 6.15. The van der Waals surface area contributed by atoms with Crippen molar-refractivity contribution in [3.05, 3.63) is 34.9 Å². The lowest BCUT2D eigenvalue weighted by Gasteiger charge is -2.18. The molecule has 4 nitrogen and oxygen atoms in total. The number of methoxy groups -OCH3 is 1. The van der Waals surface area contributed by atoms with Crippen LogP contribution >= 0.6 is 11.6 Å². The summed E-state index contributed by atoms with van der Waals surface area (Å²) in [7, 11) is 1.65. The summed E-state index contributed by atoms with van der Waals surface area (Å²) in [5.41, 5.74) is 6.73. The van der Waals surface area contributed by atoms with E-state index in [1.165, 1.54) is 0 Å². The smallest absolute Gasteiger partial charge is 0.188 e. The lowest BCUT2D eigenvalue weighted by molar-refractivity contribution is 0.106. The number of halogens is 1. The molecule has 0 heterocycles. The van der Waals surface area contributed by atoms with Crippen molar-refractivity contribution in [2.24, 2.45) is 16.6 Å². The maximum absolute atomic E-state index is 6.15. The average Bonchev–Trinajstić information content (AvgIpc) is 2.39. The molecule has 0 aliphatic heterocycles. The topological polar surface area (TPSA) is 59.6 Å². The monoisotopic (exact) mass is 283 g/mol. The summed E-state index contributed by atoms with van der Waals surface area (Å²) in [6.45, 7) is 5.44. The van der Waals surface area contributed by atoms with Crippen LogP contribution in [0.2, 0.25) is 5.02 Å². The van der Waals surface area contributed by atoms with E-state index in [1.807, 2.05) is 24.3 Å². The Labute approximate surface area is 120 Å². The normalized spacial score (nSPS) is 13.6. The van der Waals surface area contributed by atoms with Gasteiger partial charge >= 0.3 is 0 Å². The molecule has 0 amide bonds. The van der Waals surface area contributed by atoms with Gasteiger partial charge in [-0.05, 0) is 12.0 Å². The van der Waals surface area contributed by atoms with E-state index >= 15 is 0 Å². The van der Waals surface area contributed by atoms with Gasteiger partial charge in [0.1, 0.15) is 6.10 Å². The van der Waals surface area contributed by atoms with Crippen LogP contribution in [0.25, 0.3) is 0 Å². The predicted octanol–water partition coefficient (Wildman–Crippen LogP) is 2.59. The largest absolute Gasteiger partial charge is 0.375 e. The van der Waals surface area contributed by atoms with Crippen molar-refractivity contribution in [2.45, 2.75) is 20.0 Å². The number of guanidine groups is 1. The third-order valence-electron chi connectivity index (χ3n) is 2.63. The number of hydrogen-bond acceptors (Lipinski definition) is 2. The van der Waals surface area contributed by atoms with E-state index in [0.717, 1.165) is 5.56 Å². The number of hydrogen-bond donors (Lipinski definition) is 2. The fourth-order valence-electron chi connectivity index (χ4n) is 1.59. The molecule has 0 aliphatic rings. The van der Waals surface area contributed by atoms with Crippen molar-refractivity contribution in [3.8, 4) is 0 Å². The van der Waals surface area contributed by atoms with Crippen molar-refractivity contribution in [1.29, 1.82) is 0 Å². The molecular formula is C14H22ClN3O. The van der Waals surface area contributed by atoms with Crippen LogP contribution in [0, 0.1) is 5.92 Å². The Kier molecular flexibility index (Phi) is 6.67. The molecule has 1 aromatic rings. The van der Waals surface area contributed by atoms with Crippen molar-refractivity contribution in [2.75, 3.05) is 20.2 Å². The first kappa shape index (κ1) is 15.8. The molecule has 19 heavy (non-hydrogen) atoms. The first-order valence-electron chi connectivity index (χ1n) is 6.35. The molecular weight excluding hydrogens is 262 g/mol. The highest BCUT2D eigenvalue weighted by atomic mass is 35.5. The minimum absolute atomic E-state index is 0.151. The molecule has 0 bridgehead atoms. The summed E-state index contributed by atoms with van der Waals surface area (Å²) in [6.07, 6.45) is -0.151. The van der Waals surface area contributed by atoms with Gasteiger partial charge in [0.2, 0.25) is 0 Å². The minimum atomic E-state index is -0.151. The summed E-state index contributed by atoms with van der Waals surface area (Å²) in [4.78, 5) is 4.24. The lowest BCUT2D eigenvalue weighted by atomic mass is 10.1. The Morgan fingerprint density at radius 1 is 1.42 bits per heavy atom. The van der Waals surface area contributed by atoms with Gasteiger partial charge in [-0.2, -0.15) is 0 Å². The van der Waals surface area contributed by atoms with Crippen molar-refractivity contribution in [1.82, 2.24) is 5.32 Å². The van der Waals surface area contributed by atoms with E-state index in [4.69, 9.17) is 22.1 Å². The van der Waals surface area contributed by atoms with E-state index in [2.05, 4.69) is 24.2 Å². The number of nitrogens with two attached hydrogens (primary N) is 1. The highest BCUT2D eigenvalue weighted by Gasteiger charge is 2.13. The Morgan fingerprint density at radius 2 is 2.11 bits per heavy atom. The molecule has 3 N–H and O–H groups in total. The van der Waals surface area contributed by atoms with E-state index in [-0.39, 0.29) is 6.10 Å². The van der Waals surface area contributed by atoms with Gasteiger partial charge in [0.25, 0.3) is 0 Å². The molecule has 1 rings (SSSR count). The number of nitrogens with one attached hydrogen (secondary N) is 1. The number of benzene rings is 1. The fraction of sp³-hybridized carbons (Fsp3) is 0.500. The van der Waals surface area contributed by atoms with Crippen LogP contribution in [-0.4, -0.2) is 26.2 Å². The molecule has 0 spiro atoms. The number of ether oxygens (including phenoxy) is 1. The molecule has 1 unspecified atom stereocenters. The maximum Gasteiger partial charge on any atom is 0.188 e. The van der Waals surface area contributed by atoms with Crippen LogP contribution in [0.15, 0.2) is 29.3 Å². The van der Waals surface area contributed by atoms with Gasteiger partial charge < -0.3 is 15.8 Å². The van der Waals surface area contributed by atoms with Crippen molar-refractivity contribution >= 4 is 17.6 Å². The van der Waals surface area contributed by atoms with Gasteiger partial charge in [-0.3, -0.25) is 4.99 Å². The summed E-state index contributed by atoms with van der Waals surface area (Å²) < 4.78 is 5.44. The molecule has 106 valence electrons. The van der Waals surface area contributed by atoms with Crippen LogP contribution in [0.4, 0.5) is 0 Å². The SMILES string of the molecule is COC(CNC(N)=NCC(C)C)c1ccccc1Cl. The quantitative estimate of drug-likeness (QED) is 0.623. The molecule has 1 atom stereocenters. The molecule has 0 saturated carbocycles. The third kappa shape index (κ3) is 5.49. The van der Waals surface area contributed by atoms with Crippen molar-refractivity contribution < 1.29 is 4.74 Å². The van der Waals surface area contributed by atoms with Crippen LogP contribution in [0.3, 0.4) is 0 Å². The number of nitrogens with zero attached hydrogens (tertiary/aromatic N) is 1. The zero-order valence-electron chi connectivity index (χ0n) is 11.7. The Balaban J connectivity index is 2.59. The summed E-state index contributed by atoms with van der Waals surface area (Å²) in [5, 5.41) is 3.75. The number of aliphatic imine (C=N–C) groups is 1. The molecule has 0 radical (unpaired) electrons.